The van der Waals surface area contributed by atoms with Gasteiger partial charge in [-0.15, -0.1) is 0 Å². The number of H-pyrrole nitrogens is 2. The van der Waals surface area contributed by atoms with E-state index in [1.54, 1.807) is 104 Å². The molecule has 3 amide bonds. The van der Waals surface area contributed by atoms with Gasteiger partial charge in [0.05, 0.1) is 24.6 Å². The van der Waals surface area contributed by atoms with Gasteiger partial charge in [-0.1, -0.05) is 78.9 Å². The van der Waals surface area contributed by atoms with Crippen molar-refractivity contribution in [2.24, 2.45) is 0 Å². The number of carbonyl (C=O) groups is 2. The molecule has 2 fully saturated rings. The maximum Gasteiger partial charge on any atom is 0.465 e. The lowest BCUT2D eigenvalue weighted by Gasteiger charge is -2.17. The van der Waals surface area contributed by atoms with Crippen molar-refractivity contribution in [1.29, 1.82) is 0 Å². The maximum absolute atomic E-state index is 13.0. The molecule has 45 heteroatoms. The third kappa shape index (κ3) is 18.8. The minimum Gasteiger partial charge on any atom is -0.739 e. The van der Waals surface area contributed by atoms with E-state index in [4.69, 9.17) is 17.2 Å². The summed E-state index contributed by atoms with van der Waals surface area (Å²) in [5.74, 6) is -1.42. The van der Waals surface area contributed by atoms with Crippen LogP contribution in [0.5, 0.6) is 0 Å². The van der Waals surface area contributed by atoms with E-state index in [-0.39, 0.29) is 109 Å². The number of fused-ring (bicyclic) bond motifs is 6. The predicted molar refractivity (Wildman–Crippen MR) is 461 cm³/mol. The number of rotatable bonds is 15. The Morgan fingerprint density at radius 2 is 0.977 bits per heavy atom. The van der Waals surface area contributed by atoms with E-state index in [0.717, 1.165) is 96.5 Å². The zero-order valence-corrected chi connectivity index (χ0v) is 67.0. The molecule has 2 saturated heterocycles. The molecule has 2 unspecified atom stereocenters. The van der Waals surface area contributed by atoms with Crippen LogP contribution in [0.15, 0.2) is 256 Å². The van der Waals surface area contributed by atoms with Crippen molar-refractivity contribution in [3.05, 3.63) is 325 Å². The normalized spacial score (nSPS) is 13.6. The van der Waals surface area contributed by atoms with Crippen molar-refractivity contribution in [1.82, 2.24) is 80.7 Å². The first-order valence-corrected chi connectivity index (χ1v) is 39.2. The van der Waals surface area contributed by atoms with Gasteiger partial charge in [0, 0.05) is 178 Å². The van der Waals surface area contributed by atoms with Crippen LogP contribution in [0.4, 0.5) is 51.7 Å². The largest absolute Gasteiger partial charge is 0.739 e. The molecule has 0 aliphatic carbocycles. The van der Waals surface area contributed by atoms with Gasteiger partial charge in [-0.3, -0.25) is 62.5 Å². The number of likely N-dealkylation sites (tertiary alicyclic amines) is 2. The molecule has 11 aromatic heterocycles. The molecule has 0 bridgehead atoms. The van der Waals surface area contributed by atoms with Crippen LogP contribution in [0.25, 0.3) is 99.6 Å². The maximum atomic E-state index is 13.0. The first-order chi connectivity index (χ1) is 62.1. The Labute approximate surface area is 721 Å². The van der Waals surface area contributed by atoms with Gasteiger partial charge in [0.15, 0.2) is 33.4 Å². The number of anilines is 8. The number of aromatic amines is 2. The van der Waals surface area contributed by atoms with Gasteiger partial charge < -0.3 is 67.7 Å². The number of benzene rings is 7. The lowest BCUT2D eigenvalue weighted by atomic mass is 10.0. The van der Waals surface area contributed by atoms with E-state index >= 15 is 0 Å². The van der Waals surface area contributed by atoms with Crippen LogP contribution in [0, 0.1) is 52.1 Å². The number of hydrogen-bond donors (Lipinski definition) is 10. The molecule has 2 aliphatic rings. The van der Waals surface area contributed by atoms with Gasteiger partial charge in [0.2, 0.25) is 25.5 Å². The third-order valence-electron chi connectivity index (χ3n) is 20.5. The van der Waals surface area contributed by atoms with Crippen molar-refractivity contribution in [2.75, 3.05) is 64.6 Å². The Bertz CT molecular complexity index is 7100. The molecule has 0 spiro atoms. The van der Waals surface area contributed by atoms with Crippen LogP contribution in [0.2, 0.25) is 0 Å². The molecule has 13 heterocycles. The monoisotopic (exact) mass is 1720 g/mol. The van der Waals surface area contributed by atoms with E-state index < -0.39 is 6.03 Å². The molecule has 45 nitrogen and oxygen atoms in total. The summed E-state index contributed by atoms with van der Waals surface area (Å²) in [5, 5.41) is 161. The topological polar surface area (TPSA) is 622 Å². The molecule has 2 atom stereocenters. The fourth-order valence-electron chi connectivity index (χ4n) is 14.4. The first-order valence-electron chi connectivity index (χ1n) is 39.2. The van der Waals surface area contributed by atoms with Crippen molar-refractivity contribution in [2.45, 2.75) is 38.0 Å². The molecular weight excluding hydrogens is 1650 g/mol. The number of amides is 3. The molecule has 7 aromatic carbocycles. The lowest BCUT2D eigenvalue weighted by molar-refractivity contribution is -0.672. The fourth-order valence-corrected chi connectivity index (χ4v) is 14.4. The van der Waals surface area contributed by atoms with Gasteiger partial charge in [0.25, 0.3) is 33.5 Å². The van der Waals surface area contributed by atoms with Gasteiger partial charge in [0.1, 0.15) is 11.3 Å². The predicted octanol–water partition coefficient (Wildman–Crippen LogP) is 3.51. The molecule has 0 saturated carbocycles. The SMILES string of the molecule is Nc1n[n+]([O-])c2cc(-c3ccnc4[nH]ccc34)ccc2[n+]1[O-].Nc1n[n+]([O-])c2cc(-c3ccncc3)ccc2[n+]1[O-].Nc1n[n+]([O-])c2cc(-c3cn[nH]c3)ccc2[n+]1[O-].O=C(NC1CCN(Cc2ccccc2)C1)c1ccc2c(c1)[n+]([O-])nc(Nc1cccnc1)[n+]2[O-].O=C(Nc1ccc2c(c1)[n+]([O-])c(NC1CCN(Cc3ccccc3)C1)n[n+]2[O-])Nc1cnccn1. The molecular formula is C83H73N33O12. The number of urea groups is 1. The summed E-state index contributed by atoms with van der Waals surface area (Å²) >= 11 is 0. The Balaban J connectivity index is 0.000000121. The average Bonchev–Trinajstić information content (AvgIpc) is 1.74. The van der Waals surface area contributed by atoms with Crippen molar-refractivity contribution in [3.63, 3.8) is 0 Å². The second-order valence-electron chi connectivity index (χ2n) is 29.0. The van der Waals surface area contributed by atoms with Gasteiger partial charge >= 0.3 is 35.8 Å². The Morgan fingerprint density at radius 3 is 1.59 bits per heavy atom. The summed E-state index contributed by atoms with van der Waals surface area (Å²) in [6.45, 7) is 4.88. The summed E-state index contributed by atoms with van der Waals surface area (Å²) in [4.78, 5) is 54.5. The molecule has 128 heavy (non-hydrogen) atoms. The summed E-state index contributed by atoms with van der Waals surface area (Å²) < 4.78 is 2.39. The quantitative estimate of drug-likeness (QED) is 0.0518. The fraction of sp³-hybridized carbons (Fsp3) is 0.120. The number of aromatic nitrogens is 23. The van der Waals surface area contributed by atoms with E-state index in [0.29, 0.717) is 64.8 Å². The summed E-state index contributed by atoms with van der Waals surface area (Å²) in [6, 6.07) is 54.0. The summed E-state index contributed by atoms with van der Waals surface area (Å²) in [5.41, 5.74) is 26.6. The third-order valence-corrected chi connectivity index (χ3v) is 20.5. The summed E-state index contributed by atoms with van der Waals surface area (Å²) in [6.07, 6.45) is 19.2. The minimum atomic E-state index is -0.561. The highest BCUT2D eigenvalue weighted by Crippen LogP contribution is 2.30. The second kappa shape index (κ2) is 37.0. The van der Waals surface area contributed by atoms with Crippen LogP contribution < -0.4 is 91.7 Å². The number of nitrogens with zero attached hydrogens (tertiary/aromatic N) is 23. The van der Waals surface area contributed by atoms with E-state index in [1.165, 1.54) is 78.4 Å². The number of carbonyl (C=O) groups excluding carboxylic acids is 2. The van der Waals surface area contributed by atoms with Gasteiger partial charge in [-0.25, -0.2) is 43.7 Å². The van der Waals surface area contributed by atoms with Crippen LogP contribution in [0.3, 0.4) is 0 Å². The Kier molecular flexibility index (Phi) is 24.2. The molecule has 642 valence electrons. The van der Waals surface area contributed by atoms with Crippen molar-refractivity contribution in [3.8, 4) is 33.4 Å². The Morgan fingerprint density at radius 1 is 0.430 bits per heavy atom. The lowest BCUT2D eigenvalue weighted by Crippen LogP contribution is -2.45. The number of hydrogen-bond acceptors (Lipinski definition) is 30. The highest BCUT2D eigenvalue weighted by molar-refractivity contribution is 6.00. The smallest absolute Gasteiger partial charge is 0.465 e. The van der Waals surface area contributed by atoms with Crippen LogP contribution in [-0.4, -0.2) is 126 Å². The van der Waals surface area contributed by atoms with E-state index in [2.05, 4.69) is 126 Å². The highest BCUT2D eigenvalue weighted by Gasteiger charge is 2.32. The molecule has 18 aromatic rings. The first kappa shape index (κ1) is 83.5. The average molecular weight is 1720 g/mol. The zero-order valence-electron chi connectivity index (χ0n) is 67.0. The second-order valence-corrected chi connectivity index (χ2v) is 29.0. The standard InChI is InChI=1S/C24H23N7O3.C23H23N9O3.C14H10N6O2.C12H9N5O2.C10H8N6O2/c32-23(26-20-10-12-29(16-20)15-17-5-2-1-3-6-17)18-8-9-21-22(13-18)31(34)28-24(30(21)33)27-19-7-4-11-25-14-19;33-23(28-21-13-24-9-10-25-21)27-17-6-7-19-20(12-17)31(34)22(29-32(19)35)26-18-8-11-30(15-18)14-16-4-2-1-3-5-16;15-14-18-20(22)12-7-8(1-2-11(12)19(14)21)9-3-5-16-13-10(9)4-6-17-13;13-12-15-17(19)11-7-9(1-2-10(11)16(12)18)8-3-5-14-6-4-8;11-10-14-16(18)9-3-6(7-4-12-13-5-7)1-2-8(9)15(10)17/h1-9,11,13-14,20H,10,12,15-16H2,(H,26,32)(H,27,28);1-7,9-10,12-13,18H,8,11,14-15H2,(H,26,29)(H2,25,27,28,33);1-7H,(H2,15,18)(H,16,17);1-7H,(H2,13,15);1-5H,(H2,11,14)(H,12,13). The van der Waals surface area contributed by atoms with Crippen molar-refractivity contribution < 1.29 is 57.5 Å². The zero-order chi connectivity index (χ0) is 89.1. The van der Waals surface area contributed by atoms with Gasteiger partial charge in [-0.2, -0.15) is 5.10 Å². The molecule has 0 radical (unpaired) electrons. The Hall–Kier alpha value is -18.2. The molecule has 2 aliphatic heterocycles. The number of nitrogens with one attached hydrogen (secondary N) is 7. The van der Waals surface area contributed by atoms with Crippen LogP contribution in [-0.2, 0) is 13.1 Å². The van der Waals surface area contributed by atoms with Crippen LogP contribution >= 0.6 is 0 Å². The summed E-state index contributed by atoms with van der Waals surface area (Å²) in [7, 11) is 0. The number of nitrogen functional groups attached to an aromatic ring is 3. The van der Waals surface area contributed by atoms with Crippen LogP contribution in [0.1, 0.15) is 34.3 Å². The minimum absolute atomic E-state index is 0.0107. The van der Waals surface area contributed by atoms with E-state index in [9.17, 15) is 61.7 Å². The highest BCUT2D eigenvalue weighted by atomic mass is 16.5. The van der Waals surface area contributed by atoms with Gasteiger partial charge in [-0.05, 0) is 125 Å². The molecule has 20 rings (SSSR count). The molecule has 13 N–H and O–H groups in total. The number of pyridine rings is 3. The van der Waals surface area contributed by atoms with E-state index in [1.807, 2.05) is 60.7 Å². The van der Waals surface area contributed by atoms with Crippen molar-refractivity contribution >= 4 is 125 Å². The number of nitrogens with two attached hydrogens (primary N) is 3.